The molecule has 1 amide bonds. The van der Waals surface area contributed by atoms with Crippen LogP contribution in [0.25, 0.3) is 55.4 Å². The standard InChI is InChI=1S/C28H24N8OS/c37-28(16-5-2-1-3-6-16)31-18-13-17(14-29-15-18)20-8-9-21-24(32-20)25(36-35-21)27-33-23-19(22-7-4-12-38-22)10-11-30-26(23)34-27/h4,7-16H,1-3,5-6H2,(H,31,37)(H,35,36)(H,30,33,34). The molecule has 0 atom stereocenters. The van der Waals surface area contributed by atoms with E-state index in [0.717, 1.165) is 58.4 Å². The Balaban J connectivity index is 1.23. The molecule has 0 bridgehead atoms. The van der Waals surface area contributed by atoms with Gasteiger partial charge in [0.1, 0.15) is 11.0 Å². The molecule has 38 heavy (non-hydrogen) atoms. The molecule has 3 N–H and O–H groups in total. The average molecular weight is 521 g/mol. The highest BCUT2D eigenvalue weighted by Crippen LogP contribution is 2.33. The van der Waals surface area contributed by atoms with Crippen LogP contribution in [0, 0.1) is 5.92 Å². The molecule has 1 aliphatic rings. The normalized spacial score (nSPS) is 14.3. The largest absolute Gasteiger partial charge is 0.324 e. The van der Waals surface area contributed by atoms with E-state index in [1.54, 1.807) is 29.9 Å². The zero-order valence-corrected chi connectivity index (χ0v) is 21.3. The van der Waals surface area contributed by atoms with Crippen LogP contribution in [0.2, 0.25) is 0 Å². The van der Waals surface area contributed by atoms with E-state index in [0.29, 0.717) is 28.4 Å². The summed E-state index contributed by atoms with van der Waals surface area (Å²) in [6, 6.07) is 11.9. The van der Waals surface area contributed by atoms with Crippen molar-refractivity contribution in [3.05, 3.63) is 60.4 Å². The van der Waals surface area contributed by atoms with E-state index < -0.39 is 0 Å². The quantitative estimate of drug-likeness (QED) is 0.248. The zero-order chi connectivity index (χ0) is 25.5. The molecule has 0 spiro atoms. The van der Waals surface area contributed by atoms with Crippen molar-refractivity contribution in [2.45, 2.75) is 32.1 Å². The fraction of sp³-hybridized carbons (Fsp3) is 0.214. The Morgan fingerprint density at radius 3 is 2.82 bits per heavy atom. The van der Waals surface area contributed by atoms with Gasteiger partial charge in [-0.2, -0.15) is 5.10 Å². The SMILES string of the molecule is O=C(Nc1cncc(-c2ccc3[nH]nc(-c4nc5c(-c6cccs6)ccnc5[nH]4)c3n2)c1)C1CCCCC1. The van der Waals surface area contributed by atoms with Crippen LogP contribution in [0.5, 0.6) is 0 Å². The highest BCUT2D eigenvalue weighted by molar-refractivity contribution is 7.13. The van der Waals surface area contributed by atoms with Gasteiger partial charge in [-0.05, 0) is 48.6 Å². The van der Waals surface area contributed by atoms with Gasteiger partial charge in [-0.1, -0.05) is 25.3 Å². The predicted molar refractivity (Wildman–Crippen MR) is 149 cm³/mol. The Hall–Kier alpha value is -4.44. The fourth-order valence-corrected chi connectivity index (χ4v) is 5.89. The number of hydrogen-bond donors (Lipinski definition) is 3. The summed E-state index contributed by atoms with van der Waals surface area (Å²) in [5.41, 5.74) is 6.84. The summed E-state index contributed by atoms with van der Waals surface area (Å²) in [7, 11) is 0. The molecule has 10 heteroatoms. The molecule has 7 rings (SSSR count). The van der Waals surface area contributed by atoms with Crippen molar-refractivity contribution < 1.29 is 4.79 Å². The molecule has 1 aliphatic carbocycles. The maximum absolute atomic E-state index is 12.7. The number of fused-ring (bicyclic) bond motifs is 2. The number of pyridine rings is 3. The molecule has 9 nitrogen and oxygen atoms in total. The van der Waals surface area contributed by atoms with Crippen LogP contribution in [-0.2, 0) is 4.79 Å². The summed E-state index contributed by atoms with van der Waals surface area (Å²) in [6.45, 7) is 0. The van der Waals surface area contributed by atoms with E-state index in [-0.39, 0.29) is 11.8 Å². The van der Waals surface area contributed by atoms with E-state index in [1.165, 1.54) is 6.42 Å². The Morgan fingerprint density at radius 1 is 1.03 bits per heavy atom. The molecule has 188 valence electrons. The Bertz CT molecular complexity index is 1760. The van der Waals surface area contributed by atoms with Gasteiger partial charge < -0.3 is 10.3 Å². The second-order valence-electron chi connectivity index (χ2n) is 9.57. The number of aromatic amines is 2. The first kappa shape index (κ1) is 22.7. The van der Waals surface area contributed by atoms with Crippen molar-refractivity contribution in [1.82, 2.24) is 35.1 Å². The van der Waals surface area contributed by atoms with Crippen LogP contribution in [0.15, 0.2) is 60.4 Å². The molecule has 0 aliphatic heterocycles. The van der Waals surface area contributed by atoms with Crippen LogP contribution in [-0.4, -0.2) is 41.0 Å². The number of imidazole rings is 1. The molecule has 1 fully saturated rings. The van der Waals surface area contributed by atoms with Crippen LogP contribution >= 0.6 is 11.3 Å². The molecule has 0 unspecified atom stereocenters. The first-order valence-corrected chi connectivity index (χ1v) is 13.6. The van der Waals surface area contributed by atoms with Gasteiger partial charge >= 0.3 is 0 Å². The lowest BCUT2D eigenvalue weighted by Gasteiger charge is -2.20. The van der Waals surface area contributed by atoms with E-state index in [2.05, 4.69) is 36.5 Å². The van der Waals surface area contributed by atoms with Gasteiger partial charge in [0, 0.05) is 34.3 Å². The van der Waals surface area contributed by atoms with Crippen molar-refractivity contribution in [3.63, 3.8) is 0 Å². The number of hydrogen-bond acceptors (Lipinski definition) is 7. The lowest BCUT2D eigenvalue weighted by atomic mass is 9.88. The first-order chi connectivity index (χ1) is 18.7. The van der Waals surface area contributed by atoms with Crippen molar-refractivity contribution in [3.8, 4) is 33.2 Å². The minimum absolute atomic E-state index is 0.0737. The minimum Gasteiger partial charge on any atom is -0.324 e. The Labute approximate surface area is 221 Å². The minimum atomic E-state index is 0.0737. The topological polar surface area (TPSA) is 125 Å². The smallest absolute Gasteiger partial charge is 0.227 e. The summed E-state index contributed by atoms with van der Waals surface area (Å²) >= 11 is 1.66. The number of anilines is 1. The van der Waals surface area contributed by atoms with Gasteiger partial charge in [0.15, 0.2) is 17.2 Å². The third-order valence-electron chi connectivity index (χ3n) is 7.08. The van der Waals surface area contributed by atoms with Gasteiger partial charge in [-0.3, -0.25) is 14.9 Å². The van der Waals surface area contributed by atoms with E-state index in [9.17, 15) is 4.79 Å². The van der Waals surface area contributed by atoms with E-state index in [4.69, 9.17) is 9.97 Å². The lowest BCUT2D eigenvalue weighted by Crippen LogP contribution is -2.24. The number of rotatable bonds is 5. The number of carbonyl (C=O) groups is 1. The van der Waals surface area contributed by atoms with Crippen LogP contribution in [0.3, 0.4) is 0 Å². The second kappa shape index (κ2) is 9.46. The van der Waals surface area contributed by atoms with Gasteiger partial charge in [-0.15, -0.1) is 11.3 Å². The third kappa shape index (κ3) is 4.12. The highest BCUT2D eigenvalue weighted by atomic mass is 32.1. The zero-order valence-electron chi connectivity index (χ0n) is 20.4. The Kier molecular flexibility index (Phi) is 5.66. The van der Waals surface area contributed by atoms with E-state index >= 15 is 0 Å². The van der Waals surface area contributed by atoms with Gasteiger partial charge in [-0.25, -0.2) is 15.0 Å². The predicted octanol–water partition coefficient (Wildman–Crippen LogP) is 6.21. The number of nitrogens with zero attached hydrogens (tertiary/aromatic N) is 5. The van der Waals surface area contributed by atoms with E-state index in [1.807, 2.05) is 35.7 Å². The van der Waals surface area contributed by atoms with Gasteiger partial charge in [0.2, 0.25) is 5.91 Å². The molecule has 6 heterocycles. The maximum Gasteiger partial charge on any atom is 0.227 e. The van der Waals surface area contributed by atoms with Crippen LogP contribution in [0.4, 0.5) is 5.69 Å². The molecule has 0 saturated heterocycles. The van der Waals surface area contributed by atoms with Crippen LogP contribution < -0.4 is 5.32 Å². The first-order valence-electron chi connectivity index (χ1n) is 12.7. The summed E-state index contributed by atoms with van der Waals surface area (Å²) in [6.07, 6.45) is 10.6. The molecular formula is C28H24N8OS. The van der Waals surface area contributed by atoms with Crippen molar-refractivity contribution in [2.75, 3.05) is 5.32 Å². The van der Waals surface area contributed by atoms with Gasteiger partial charge in [0.05, 0.1) is 23.1 Å². The van der Waals surface area contributed by atoms with Crippen molar-refractivity contribution in [2.24, 2.45) is 5.92 Å². The average Bonchev–Trinajstić information content (AvgIpc) is 3.73. The Morgan fingerprint density at radius 2 is 1.95 bits per heavy atom. The lowest BCUT2D eigenvalue weighted by molar-refractivity contribution is -0.120. The molecular weight excluding hydrogens is 496 g/mol. The molecule has 6 aromatic heterocycles. The molecule has 0 radical (unpaired) electrons. The summed E-state index contributed by atoms with van der Waals surface area (Å²) in [5.74, 6) is 0.748. The number of thiophene rings is 1. The molecule has 6 aromatic rings. The monoisotopic (exact) mass is 520 g/mol. The summed E-state index contributed by atoms with van der Waals surface area (Å²) in [4.78, 5) is 35.8. The number of nitrogens with one attached hydrogen (secondary N) is 3. The second-order valence-corrected chi connectivity index (χ2v) is 10.5. The molecule has 0 aromatic carbocycles. The highest BCUT2D eigenvalue weighted by Gasteiger charge is 2.22. The van der Waals surface area contributed by atoms with Gasteiger partial charge in [0.25, 0.3) is 0 Å². The number of carbonyl (C=O) groups excluding carboxylic acids is 1. The number of aromatic nitrogens is 7. The summed E-state index contributed by atoms with van der Waals surface area (Å²) < 4.78 is 0. The summed E-state index contributed by atoms with van der Waals surface area (Å²) in [5, 5.41) is 12.7. The van der Waals surface area contributed by atoms with Crippen molar-refractivity contribution >= 4 is 45.1 Å². The van der Waals surface area contributed by atoms with Crippen LogP contribution in [0.1, 0.15) is 32.1 Å². The maximum atomic E-state index is 12.7. The number of amides is 1. The fourth-order valence-electron chi connectivity index (χ4n) is 5.14. The third-order valence-corrected chi connectivity index (χ3v) is 7.98. The van der Waals surface area contributed by atoms with Crippen molar-refractivity contribution in [1.29, 1.82) is 0 Å². The molecule has 1 saturated carbocycles. The number of H-pyrrole nitrogens is 2.